The molecular weight excluding hydrogens is 425 g/mol. The number of hydrogen-bond acceptors (Lipinski definition) is 5. The maximum absolute atomic E-state index is 13.7. The molecular formula is C24H24FN5O3. The van der Waals surface area contributed by atoms with E-state index in [1.54, 1.807) is 29.4 Å². The topological polar surface area (TPSA) is 85.3 Å². The molecule has 0 unspecified atom stereocenters. The van der Waals surface area contributed by atoms with Gasteiger partial charge in [0.05, 0.1) is 42.8 Å². The number of H-pyrrole nitrogens is 1. The molecule has 4 aromatic rings. The van der Waals surface area contributed by atoms with Crippen LogP contribution in [0.15, 0.2) is 60.9 Å². The predicted octanol–water partition coefficient (Wildman–Crippen LogP) is 3.12. The van der Waals surface area contributed by atoms with Crippen molar-refractivity contribution in [3.8, 4) is 5.75 Å². The summed E-state index contributed by atoms with van der Waals surface area (Å²) in [5, 5.41) is 7.35. The summed E-state index contributed by atoms with van der Waals surface area (Å²) in [4.78, 5) is 19.1. The van der Waals surface area contributed by atoms with E-state index in [2.05, 4.69) is 15.2 Å². The SMILES string of the molecule is O=C(Cn1cnc2ccccc21)N1CCO[C@H](c2cc(CCOc3ccccc3F)[nH]n2)C1. The number of fused-ring (bicyclic) bond motifs is 1. The van der Waals surface area contributed by atoms with Crippen molar-refractivity contribution in [2.24, 2.45) is 0 Å². The number of ether oxygens (including phenoxy) is 2. The van der Waals surface area contributed by atoms with Crippen LogP contribution in [0.2, 0.25) is 0 Å². The summed E-state index contributed by atoms with van der Waals surface area (Å²) >= 11 is 0. The highest BCUT2D eigenvalue weighted by Gasteiger charge is 2.27. The van der Waals surface area contributed by atoms with E-state index in [0.29, 0.717) is 32.7 Å². The molecule has 1 N–H and O–H groups in total. The summed E-state index contributed by atoms with van der Waals surface area (Å²) in [6.45, 7) is 1.96. The van der Waals surface area contributed by atoms with E-state index in [0.717, 1.165) is 22.4 Å². The van der Waals surface area contributed by atoms with Gasteiger partial charge in [-0.05, 0) is 30.3 Å². The van der Waals surface area contributed by atoms with Crippen LogP contribution in [-0.2, 0) is 22.5 Å². The lowest BCUT2D eigenvalue weighted by Crippen LogP contribution is -2.43. The molecule has 0 spiro atoms. The van der Waals surface area contributed by atoms with Gasteiger partial charge in [0.15, 0.2) is 11.6 Å². The number of amides is 1. The van der Waals surface area contributed by atoms with Crippen molar-refractivity contribution in [3.63, 3.8) is 0 Å². The molecule has 1 amide bonds. The Kier molecular flexibility index (Phi) is 6.03. The Hall–Kier alpha value is -3.72. The number of nitrogens with one attached hydrogen (secondary N) is 1. The molecule has 1 aliphatic rings. The van der Waals surface area contributed by atoms with Gasteiger partial charge < -0.3 is 18.9 Å². The van der Waals surface area contributed by atoms with Gasteiger partial charge in [-0.3, -0.25) is 9.89 Å². The minimum absolute atomic E-state index is 0.0144. The normalized spacial score (nSPS) is 16.3. The van der Waals surface area contributed by atoms with Crippen LogP contribution in [0.4, 0.5) is 4.39 Å². The van der Waals surface area contributed by atoms with Gasteiger partial charge in [0.2, 0.25) is 5.91 Å². The maximum atomic E-state index is 13.7. The number of aromatic nitrogens is 4. The molecule has 1 fully saturated rings. The Morgan fingerprint density at radius 3 is 2.97 bits per heavy atom. The largest absolute Gasteiger partial charge is 0.490 e. The lowest BCUT2D eigenvalue weighted by molar-refractivity contribution is -0.139. The molecule has 170 valence electrons. The Labute approximate surface area is 189 Å². The van der Waals surface area contributed by atoms with Gasteiger partial charge in [-0.15, -0.1) is 0 Å². The molecule has 0 radical (unpaired) electrons. The number of halogens is 1. The summed E-state index contributed by atoms with van der Waals surface area (Å²) in [6.07, 6.45) is 1.94. The van der Waals surface area contributed by atoms with Crippen molar-refractivity contribution in [2.45, 2.75) is 19.1 Å². The third kappa shape index (κ3) is 4.73. The van der Waals surface area contributed by atoms with Gasteiger partial charge in [-0.1, -0.05) is 24.3 Å². The Morgan fingerprint density at radius 1 is 1.21 bits per heavy atom. The Morgan fingerprint density at radius 2 is 2.06 bits per heavy atom. The number of hydrogen-bond donors (Lipinski definition) is 1. The number of rotatable bonds is 7. The van der Waals surface area contributed by atoms with Crippen molar-refractivity contribution in [1.29, 1.82) is 0 Å². The average Bonchev–Trinajstić information content (AvgIpc) is 3.48. The van der Waals surface area contributed by atoms with E-state index >= 15 is 0 Å². The van der Waals surface area contributed by atoms with Crippen LogP contribution in [0.1, 0.15) is 17.5 Å². The first kappa shape index (κ1) is 21.1. The third-order valence-electron chi connectivity index (χ3n) is 5.70. The zero-order chi connectivity index (χ0) is 22.6. The van der Waals surface area contributed by atoms with Crippen LogP contribution in [0.25, 0.3) is 11.0 Å². The van der Waals surface area contributed by atoms with E-state index in [1.807, 2.05) is 34.9 Å². The van der Waals surface area contributed by atoms with Crippen LogP contribution in [0.3, 0.4) is 0 Å². The molecule has 33 heavy (non-hydrogen) atoms. The van der Waals surface area contributed by atoms with Crippen LogP contribution in [0.5, 0.6) is 5.75 Å². The summed E-state index contributed by atoms with van der Waals surface area (Å²) < 4.78 is 26.9. The van der Waals surface area contributed by atoms with Crippen molar-refractivity contribution in [2.75, 3.05) is 26.3 Å². The fraction of sp³-hybridized carbons (Fsp3) is 0.292. The second kappa shape index (κ2) is 9.41. The zero-order valence-electron chi connectivity index (χ0n) is 18.0. The first-order valence-electron chi connectivity index (χ1n) is 10.9. The second-order valence-corrected chi connectivity index (χ2v) is 7.91. The van der Waals surface area contributed by atoms with Crippen LogP contribution >= 0.6 is 0 Å². The molecule has 5 rings (SSSR count). The first-order chi connectivity index (χ1) is 16.2. The molecule has 0 saturated carbocycles. The number of imidazole rings is 1. The maximum Gasteiger partial charge on any atom is 0.242 e. The molecule has 3 heterocycles. The van der Waals surface area contributed by atoms with Gasteiger partial charge in [-0.2, -0.15) is 5.10 Å². The molecule has 9 heteroatoms. The number of carbonyl (C=O) groups excluding carboxylic acids is 1. The minimum atomic E-state index is -0.383. The van der Waals surface area contributed by atoms with Gasteiger partial charge in [-0.25, -0.2) is 9.37 Å². The predicted molar refractivity (Wildman–Crippen MR) is 119 cm³/mol. The minimum Gasteiger partial charge on any atom is -0.490 e. The highest BCUT2D eigenvalue weighted by molar-refractivity contribution is 5.80. The lowest BCUT2D eigenvalue weighted by atomic mass is 10.2. The van der Waals surface area contributed by atoms with Crippen LogP contribution in [0, 0.1) is 5.82 Å². The number of morpholine rings is 1. The van der Waals surface area contributed by atoms with E-state index < -0.39 is 0 Å². The molecule has 2 aromatic heterocycles. The van der Waals surface area contributed by atoms with E-state index in [4.69, 9.17) is 9.47 Å². The molecule has 1 atom stereocenters. The van der Waals surface area contributed by atoms with Crippen molar-refractivity contribution in [3.05, 3.63) is 78.1 Å². The molecule has 8 nitrogen and oxygen atoms in total. The summed E-state index contributed by atoms with van der Waals surface area (Å²) in [5.74, 6) is -0.139. The molecule has 0 aliphatic carbocycles. The van der Waals surface area contributed by atoms with Gasteiger partial charge >= 0.3 is 0 Å². The molecule has 1 saturated heterocycles. The monoisotopic (exact) mass is 449 g/mol. The lowest BCUT2D eigenvalue weighted by Gasteiger charge is -2.32. The third-order valence-corrected chi connectivity index (χ3v) is 5.70. The first-order valence-corrected chi connectivity index (χ1v) is 10.9. The van der Waals surface area contributed by atoms with Crippen LogP contribution in [-0.4, -0.2) is 56.9 Å². The van der Waals surface area contributed by atoms with Gasteiger partial charge in [0.1, 0.15) is 12.6 Å². The zero-order valence-corrected chi connectivity index (χ0v) is 18.0. The summed E-state index contributed by atoms with van der Waals surface area (Å²) in [6, 6.07) is 16.0. The number of aromatic amines is 1. The average molecular weight is 449 g/mol. The smallest absolute Gasteiger partial charge is 0.242 e. The summed E-state index contributed by atoms with van der Waals surface area (Å²) in [7, 11) is 0. The fourth-order valence-corrected chi connectivity index (χ4v) is 3.94. The number of para-hydroxylation sites is 3. The van der Waals surface area contributed by atoms with E-state index in [-0.39, 0.29) is 30.1 Å². The van der Waals surface area contributed by atoms with Gasteiger partial charge in [0.25, 0.3) is 0 Å². The summed E-state index contributed by atoms with van der Waals surface area (Å²) in [5.41, 5.74) is 3.40. The molecule has 1 aliphatic heterocycles. The number of nitrogens with zero attached hydrogens (tertiary/aromatic N) is 4. The van der Waals surface area contributed by atoms with Crippen molar-refractivity contribution < 1.29 is 18.7 Å². The van der Waals surface area contributed by atoms with E-state index in [9.17, 15) is 9.18 Å². The van der Waals surface area contributed by atoms with Gasteiger partial charge in [0, 0.05) is 18.7 Å². The number of benzene rings is 2. The standard InChI is InChI=1S/C24H24FN5O3/c25-18-5-1-4-8-22(18)32-11-9-17-13-20(28-27-17)23-14-29(10-12-33-23)24(31)15-30-16-26-19-6-2-3-7-21(19)30/h1-8,13,16,23H,9-12,14-15H2,(H,27,28)/t23-/m0/s1. The quantitative estimate of drug-likeness (QED) is 0.469. The molecule has 2 aromatic carbocycles. The number of carbonyl (C=O) groups is 1. The Bertz CT molecular complexity index is 1250. The van der Waals surface area contributed by atoms with Crippen molar-refractivity contribution >= 4 is 16.9 Å². The second-order valence-electron chi connectivity index (χ2n) is 7.91. The fourth-order valence-electron chi connectivity index (χ4n) is 3.94. The van der Waals surface area contributed by atoms with Crippen LogP contribution < -0.4 is 4.74 Å². The Balaban J connectivity index is 1.17. The molecule has 0 bridgehead atoms. The van der Waals surface area contributed by atoms with Crippen molar-refractivity contribution in [1.82, 2.24) is 24.6 Å². The highest BCUT2D eigenvalue weighted by Crippen LogP contribution is 2.22. The highest BCUT2D eigenvalue weighted by atomic mass is 19.1. The van der Waals surface area contributed by atoms with E-state index in [1.165, 1.54) is 6.07 Å².